The number of halogens is 1. The van der Waals surface area contributed by atoms with Gasteiger partial charge in [-0.3, -0.25) is 0 Å². The number of hydrogen-bond acceptors (Lipinski definition) is 2. The summed E-state index contributed by atoms with van der Waals surface area (Å²) in [6.07, 6.45) is 2.24. The lowest BCUT2D eigenvalue weighted by atomic mass is 10.0. The number of aryl methyl sites for hydroxylation is 1. The van der Waals surface area contributed by atoms with Crippen molar-refractivity contribution in [1.29, 1.82) is 0 Å². The van der Waals surface area contributed by atoms with Gasteiger partial charge in [0.05, 0.1) is 10.7 Å². The molecule has 1 aliphatic rings. The Balaban J connectivity index is 2.53. The van der Waals surface area contributed by atoms with Crippen LogP contribution in [-0.2, 0) is 6.42 Å². The molecule has 1 aliphatic heterocycles. The van der Waals surface area contributed by atoms with Crippen LogP contribution in [0.1, 0.15) is 12.0 Å². The Morgan fingerprint density at radius 3 is 3.08 bits per heavy atom. The Bertz CT molecular complexity index is 310. The van der Waals surface area contributed by atoms with E-state index in [0.717, 1.165) is 35.8 Å². The lowest BCUT2D eigenvalue weighted by molar-refractivity contribution is 0.831. The number of rotatable bonds is 0. The summed E-state index contributed by atoms with van der Waals surface area (Å²) in [4.78, 5) is 0. The fraction of sp³-hybridized carbons (Fsp3) is 0.333. The zero-order chi connectivity index (χ0) is 8.55. The second kappa shape index (κ2) is 2.87. The van der Waals surface area contributed by atoms with Crippen molar-refractivity contribution in [2.45, 2.75) is 12.8 Å². The molecule has 12 heavy (non-hydrogen) atoms. The first-order chi connectivity index (χ1) is 5.77. The summed E-state index contributed by atoms with van der Waals surface area (Å²) in [6.45, 7) is 1.01. The smallest absolute Gasteiger partial charge is 0.0660 e. The Morgan fingerprint density at radius 2 is 2.25 bits per heavy atom. The first-order valence-corrected chi connectivity index (χ1v) is 4.47. The lowest BCUT2D eigenvalue weighted by Crippen LogP contribution is -2.12. The first-order valence-electron chi connectivity index (χ1n) is 4.09. The van der Waals surface area contributed by atoms with Crippen LogP contribution in [-0.4, -0.2) is 6.54 Å². The van der Waals surface area contributed by atoms with Crippen LogP contribution in [0, 0.1) is 0 Å². The van der Waals surface area contributed by atoms with Gasteiger partial charge in [-0.1, -0.05) is 11.6 Å². The number of fused-ring (bicyclic) bond motifs is 1. The van der Waals surface area contributed by atoms with E-state index < -0.39 is 0 Å². The summed E-state index contributed by atoms with van der Waals surface area (Å²) in [5.41, 5.74) is 8.73. The number of hydrogen-bond donors (Lipinski definition) is 2. The van der Waals surface area contributed by atoms with Crippen molar-refractivity contribution >= 4 is 23.0 Å². The zero-order valence-corrected chi connectivity index (χ0v) is 7.49. The molecule has 0 saturated heterocycles. The fourth-order valence-corrected chi connectivity index (χ4v) is 1.89. The fourth-order valence-electron chi connectivity index (χ4n) is 1.57. The van der Waals surface area contributed by atoms with Gasteiger partial charge in [0.1, 0.15) is 0 Å². The third-order valence-corrected chi connectivity index (χ3v) is 2.42. The second-order valence-corrected chi connectivity index (χ2v) is 3.47. The number of nitrogens with two attached hydrogens (primary N) is 1. The second-order valence-electron chi connectivity index (χ2n) is 3.07. The van der Waals surface area contributed by atoms with E-state index in [9.17, 15) is 0 Å². The molecule has 0 saturated carbocycles. The number of anilines is 2. The van der Waals surface area contributed by atoms with E-state index in [1.54, 1.807) is 6.07 Å². The molecule has 2 nitrogen and oxygen atoms in total. The van der Waals surface area contributed by atoms with E-state index in [1.807, 2.05) is 6.07 Å². The van der Waals surface area contributed by atoms with Gasteiger partial charge in [-0.25, -0.2) is 0 Å². The maximum Gasteiger partial charge on any atom is 0.0660 e. The molecular formula is C9H11ClN2. The summed E-state index contributed by atoms with van der Waals surface area (Å²) in [6, 6.07) is 3.78. The molecule has 0 amide bonds. The lowest BCUT2D eigenvalue weighted by Gasteiger charge is -2.19. The van der Waals surface area contributed by atoms with Gasteiger partial charge in [0.2, 0.25) is 0 Å². The van der Waals surface area contributed by atoms with E-state index in [2.05, 4.69) is 5.32 Å². The van der Waals surface area contributed by atoms with Crippen LogP contribution < -0.4 is 11.1 Å². The minimum Gasteiger partial charge on any atom is -0.399 e. The molecule has 1 heterocycles. The predicted molar refractivity (Wildman–Crippen MR) is 52.7 cm³/mol. The summed E-state index contributed by atoms with van der Waals surface area (Å²) in [5, 5.41) is 4.01. The van der Waals surface area contributed by atoms with Gasteiger partial charge in [-0.2, -0.15) is 0 Å². The van der Waals surface area contributed by atoms with Crippen molar-refractivity contribution in [3.63, 3.8) is 0 Å². The van der Waals surface area contributed by atoms with Crippen molar-refractivity contribution in [3.05, 3.63) is 22.7 Å². The topological polar surface area (TPSA) is 38.0 Å². The van der Waals surface area contributed by atoms with Crippen LogP contribution in [0.5, 0.6) is 0 Å². The summed E-state index contributed by atoms with van der Waals surface area (Å²) < 4.78 is 0. The Morgan fingerprint density at radius 1 is 1.42 bits per heavy atom. The molecule has 0 radical (unpaired) electrons. The molecule has 2 rings (SSSR count). The molecule has 0 atom stereocenters. The highest BCUT2D eigenvalue weighted by molar-refractivity contribution is 6.33. The van der Waals surface area contributed by atoms with Crippen LogP contribution in [0.25, 0.3) is 0 Å². The molecule has 0 fully saturated rings. The van der Waals surface area contributed by atoms with Crippen molar-refractivity contribution < 1.29 is 0 Å². The van der Waals surface area contributed by atoms with Crippen molar-refractivity contribution in [2.75, 3.05) is 17.6 Å². The van der Waals surface area contributed by atoms with Gasteiger partial charge >= 0.3 is 0 Å². The molecule has 3 heteroatoms. The van der Waals surface area contributed by atoms with Crippen LogP contribution in [0.2, 0.25) is 5.02 Å². The predicted octanol–water partition coefficient (Wildman–Crippen LogP) is 2.28. The third-order valence-electron chi connectivity index (χ3n) is 2.12. The minimum absolute atomic E-state index is 0.740. The highest BCUT2D eigenvalue weighted by atomic mass is 35.5. The highest BCUT2D eigenvalue weighted by Crippen LogP contribution is 2.32. The van der Waals surface area contributed by atoms with Gasteiger partial charge in [-0.05, 0) is 30.5 Å². The van der Waals surface area contributed by atoms with Crippen LogP contribution in [0.3, 0.4) is 0 Å². The minimum atomic E-state index is 0.740. The standard InChI is InChI=1S/C9H11ClN2/c10-8-5-7(11)4-6-2-1-3-12-9(6)8/h4-5,12H,1-3,11H2. The average molecular weight is 183 g/mol. The Hall–Kier alpha value is -0.890. The molecule has 1 aromatic rings. The monoisotopic (exact) mass is 182 g/mol. The Kier molecular flexibility index (Phi) is 1.85. The zero-order valence-electron chi connectivity index (χ0n) is 6.73. The van der Waals surface area contributed by atoms with Gasteiger partial charge in [0.25, 0.3) is 0 Å². The molecule has 0 bridgehead atoms. The molecule has 1 aromatic carbocycles. The highest BCUT2D eigenvalue weighted by Gasteiger charge is 2.11. The number of nitrogen functional groups attached to an aromatic ring is 1. The molecular weight excluding hydrogens is 172 g/mol. The van der Waals surface area contributed by atoms with Crippen LogP contribution >= 0.6 is 11.6 Å². The van der Waals surface area contributed by atoms with E-state index in [4.69, 9.17) is 17.3 Å². The molecule has 0 aromatic heterocycles. The largest absolute Gasteiger partial charge is 0.399 e. The van der Waals surface area contributed by atoms with Crippen molar-refractivity contribution in [2.24, 2.45) is 0 Å². The molecule has 0 unspecified atom stereocenters. The molecule has 0 spiro atoms. The SMILES string of the molecule is Nc1cc(Cl)c2c(c1)CCCN2. The molecule has 64 valence electrons. The van der Waals surface area contributed by atoms with E-state index in [1.165, 1.54) is 5.56 Å². The number of benzene rings is 1. The third kappa shape index (κ3) is 1.23. The normalized spacial score (nSPS) is 15.1. The van der Waals surface area contributed by atoms with E-state index in [0.29, 0.717) is 0 Å². The van der Waals surface area contributed by atoms with Gasteiger partial charge < -0.3 is 11.1 Å². The average Bonchev–Trinajstić information content (AvgIpc) is 2.04. The van der Waals surface area contributed by atoms with Gasteiger partial charge in [0.15, 0.2) is 0 Å². The van der Waals surface area contributed by atoms with Crippen molar-refractivity contribution in [3.8, 4) is 0 Å². The maximum atomic E-state index is 6.00. The maximum absolute atomic E-state index is 6.00. The summed E-state index contributed by atoms with van der Waals surface area (Å²) >= 11 is 6.00. The summed E-state index contributed by atoms with van der Waals surface area (Å²) in [7, 11) is 0. The quantitative estimate of drug-likeness (QED) is 0.605. The van der Waals surface area contributed by atoms with E-state index >= 15 is 0 Å². The van der Waals surface area contributed by atoms with Gasteiger partial charge in [-0.15, -0.1) is 0 Å². The van der Waals surface area contributed by atoms with Crippen molar-refractivity contribution in [1.82, 2.24) is 0 Å². The van der Waals surface area contributed by atoms with E-state index in [-0.39, 0.29) is 0 Å². The van der Waals surface area contributed by atoms with Gasteiger partial charge in [0, 0.05) is 12.2 Å². The molecule has 3 N–H and O–H groups in total. The Labute approximate surface area is 76.7 Å². The number of nitrogens with one attached hydrogen (secondary N) is 1. The first kappa shape index (κ1) is 7.74. The van der Waals surface area contributed by atoms with Crippen LogP contribution in [0.4, 0.5) is 11.4 Å². The summed E-state index contributed by atoms with van der Waals surface area (Å²) in [5.74, 6) is 0. The molecule has 0 aliphatic carbocycles. The van der Waals surface area contributed by atoms with Crippen LogP contribution in [0.15, 0.2) is 12.1 Å².